The van der Waals surface area contributed by atoms with Gasteiger partial charge in [0.1, 0.15) is 11.6 Å². The summed E-state index contributed by atoms with van der Waals surface area (Å²) in [4.78, 5) is 9.52. The lowest BCUT2D eigenvalue weighted by Gasteiger charge is -2.33. The zero-order chi connectivity index (χ0) is 14.2. The van der Waals surface area contributed by atoms with E-state index in [1.165, 1.54) is 0 Å². The first-order chi connectivity index (χ1) is 8.93. The maximum absolute atomic E-state index is 5.50. The average molecular weight is 262 g/mol. The first-order valence-corrected chi connectivity index (χ1v) is 6.55. The first-order valence-electron chi connectivity index (χ1n) is 6.55. The summed E-state index contributed by atoms with van der Waals surface area (Å²) in [6.45, 7) is 12.3. The number of hydrogen-bond acceptors (Lipinski definition) is 4. The largest absolute Gasteiger partial charge is 0.483 e. The van der Waals surface area contributed by atoms with E-state index in [9.17, 15) is 0 Å². The van der Waals surface area contributed by atoms with Crippen LogP contribution >= 0.6 is 0 Å². The summed E-state index contributed by atoms with van der Waals surface area (Å²) in [5, 5.41) is 0. The van der Waals surface area contributed by atoms with E-state index in [0.717, 1.165) is 11.1 Å². The van der Waals surface area contributed by atoms with Crippen LogP contribution in [-0.4, -0.2) is 37.6 Å². The SMILES string of the molecule is C=C1CC2(CC1=C)N=C(OC)C(C(C)C)N=C2OC. The van der Waals surface area contributed by atoms with E-state index >= 15 is 0 Å². The molecule has 2 aliphatic rings. The smallest absolute Gasteiger partial charge is 0.213 e. The van der Waals surface area contributed by atoms with E-state index in [-0.39, 0.29) is 6.04 Å². The molecule has 0 radical (unpaired) electrons. The van der Waals surface area contributed by atoms with Crippen molar-refractivity contribution in [3.05, 3.63) is 24.3 Å². The van der Waals surface area contributed by atoms with Gasteiger partial charge < -0.3 is 9.47 Å². The number of rotatable bonds is 1. The topological polar surface area (TPSA) is 43.2 Å². The second-order valence-electron chi connectivity index (χ2n) is 5.57. The Hall–Kier alpha value is -1.58. The van der Waals surface area contributed by atoms with Gasteiger partial charge in [-0.15, -0.1) is 0 Å². The molecule has 2 rings (SSSR count). The Morgan fingerprint density at radius 3 is 2.16 bits per heavy atom. The molecule has 1 atom stereocenters. The van der Waals surface area contributed by atoms with Gasteiger partial charge in [-0.2, -0.15) is 0 Å². The molecule has 19 heavy (non-hydrogen) atoms. The summed E-state index contributed by atoms with van der Waals surface area (Å²) in [5.74, 6) is 1.67. The van der Waals surface area contributed by atoms with Gasteiger partial charge in [0.2, 0.25) is 11.8 Å². The molecule has 1 aliphatic heterocycles. The van der Waals surface area contributed by atoms with Crippen LogP contribution in [0.5, 0.6) is 0 Å². The molecule has 0 aromatic carbocycles. The summed E-state index contributed by atoms with van der Waals surface area (Å²) in [6, 6.07) is -0.0762. The van der Waals surface area contributed by atoms with Crippen molar-refractivity contribution in [1.82, 2.24) is 0 Å². The van der Waals surface area contributed by atoms with E-state index in [4.69, 9.17) is 19.5 Å². The van der Waals surface area contributed by atoms with Crippen LogP contribution in [0.4, 0.5) is 0 Å². The van der Waals surface area contributed by atoms with Gasteiger partial charge in [-0.1, -0.05) is 27.0 Å². The molecule has 1 spiro atoms. The van der Waals surface area contributed by atoms with Crippen molar-refractivity contribution in [1.29, 1.82) is 0 Å². The number of aliphatic imine (C=N–C) groups is 2. The number of hydrogen-bond donors (Lipinski definition) is 0. The minimum absolute atomic E-state index is 0.0762. The fourth-order valence-electron chi connectivity index (χ4n) is 2.72. The zero-order valence-electron chi connectivity index (χ0n) is 12.2. The number of nitrogens with zero attached hydrogens (tertiary/aromatic N) is 2. The van der Waals surface area contributed by atoms with E-state index in [2.05, 4.69) is 27.0 Å². The minimum Gasteiger partial charge on any atom is -0.483 e. The highest BCUT2D eigenvalue weighted by molar-refractivity contribution is 5.98. The molecule has 4 heteroatoms. The van der Waals surface area contributed by atoms with Crippen LogP contribution in [0.3, 0.4) is 0 Å². The van der Waals surface area contributed by atoms with Crippen LogP contribution < -0.4 is 0 Å². The molecule has 4 nitrogen and oxygen atoms in total. The van der Waals surface area contributed by atoms with Crippen LogP contribution in [-0.2, 0) is 9.47 Å². The van der Waals surface area contributed by atoms with E-state index in [1.807, 2.05) is 0 Å². The van der Waals surface area contributed by atoms with Gasteiger partial charge in [-0.25, -0.2) is 9.98 Å². The summed E-state index contributed by atoms with van der Waals surface area (Å²) in [6.07, 6.45) is 1.41. The highest BCUT2D eigenvalue weighted by atomic mass is 16.5. The van der Waals surface area contributed by atoms with Crippen molar-refractivity contribution >= 4 is 11.8 Å². The maximum Gasteiger partial charge on any atom is 0.213 e. The zero-order valence-corrected chi connectivity index (χ0v) is 12.2. The molecule has 0 aromatic heterocycles. The third-order valence-electron chi connectivity index (χ3n) is 3.78. The Balaban J connectivity index is 2.45. The van der Waals surface area contributed by atoms with Crippen molar-refractivity contribution in [2.45, 2.75) is 38.3 Å². The molecule has 0 bridgehead atoms. The van der Waals surface area contributed by atoms with Crippen LogP contribution in [0, 0.1) is 5.92 Å². The predicted octanol–water partition coefficient (Wildman–Crippen LogP) is 2.76. The number of ether oxygens (including phenoxy) is 2. The van der Waals surface area contributed by atoms with Gasteiger partial charge in [-0.3, -0.25) is 0 Å². The lowest BCUT2D eigenvalue weighted by Crippen LogP contribution is -2.44. The fraction of sp³-hybridized carbons (Fsp3) is 0.600. The van der Waals surface area contributed by atoms with Gasteiger partial charge in [0.15, 0.2) is 0 Å². The molecular weight excluding hydrogens is 240 g/mol. The monoisotopic (exact) mass is 262 g/mol. The molecule has 0 N–H and O–H groups in total. The normalized spacial score (nSPS) is 25.6. The van der Waals surface area contributed by atoms with Crippen molar-refractivity contribution in [2.24, 2.45) is 15.9 Å². The molecule has 0 aromatic rings. The lowest BCUT2D eigenvalue weighted by atomic mass is 9.93. The van der Waals surface area contributed by atoms with Crippen LogP contribution in [0.1, 0.15) is 26.7 Å². The second kappa shape index (κ2) is 4.83. The van der Waals surface area contributed by atoms with Crippen molar-refractivity contribution in [3.63, 3.8) is 0 Å². The van der Waals surface area contributed by atoms with Crippen LogP contribution in [0.15, 0.2) is 34.3 Å². The minimum atomic E-state index is -0.486. The molecule has 1 unspecified atom stereocenters. The van der Waals surface area contributed by atoms with Crippen LogP contribution in [0.2, 0.25) is 0 Å². The van der Waals surface area contributed by atoms with E-state index in [0.29, 0.717) is 30.6 Å². The third kappa shape index (κ3) is 2.20. The molecule has 1 saturated carbocycles. The fourth-order valence-corrected chi connectivity index (χ4v) is 2.72. The number of methoxy groups -OCH3 is 2. The highest BCUT2D eigenvalue weighted by Crippen LogP contribution is 2.43. The Kier molecular flexibility index (Phi) is 3.52. The van der Waals surface area contributed by atoms with Crippen LogP contribution in [0.25, 0.3) is 0 Å². The Bertz CT molecular complexity index is 459. The van der Waals surface area contributed by atoms with Gasteiger partial charge in [0, 0.05) is 12.8 Å². The first kappa shape index (κ1) is 13.8. The van der Waals surface area contributed by atoms with Gasteiger partial charge in [-0.05, 0) is 17.1 Å². The second-order valence-corrected chi connectivity index (χ2v) is 5.57. The molecule has 1 heterocycles. The molecule has 104 valence electrons. The summed E-state index contributed by atoms with van der Waals surface area (Å²) in [7, 11) is 3.29. The Morgan fingerprint density at radius 1 is 1.16 bits per heavy atom. The Labute approximate surface area is 114 Å². The Morgan fingerprint density at radius 2 is 1.74 bits per heavy atom. The maximum atomic E-state index is 5.50. The molecule has 0 amide bonds. The third-order valence-corrected chi connectivity index (χ3v) is 3.78. The average Bonchev–Trinajstić information content (AvgIpc) is 2.64. The van der Waals surface area contributed by atoms with E-state index < -0.39 is 5.54 Å². The van der Waals surface area contributed by atoms with Gasteiger partial charge in [0.25, 0.3) is 0 Å². The highest BCUT2D eigenvalue weighted by Gasteiger charge is 2.47. The lowest BCUT2D eigenvalue weighted by molar-refractivity contribution is 0.308. The van der Waals surface area contributed by atoms with Crippen molar-refractivity contribution in [2.75, 3.05) is 14.2 Å². The van der Waals surface area contributed by atoms with Gasteiger partial charge >= 0.3 is 0 Å². The van der Waals surface area contributed by atoms with Gasteiger partial charge in [0.05, 0.1) is 14.2 Å². The summed E-state index contributed by atoms with van der Waals surface area (Å²) in [5.41, 5.74) is 1.55. The van der Waals surface area contributed by atoms with E-state index in [1.54, 1.807) is 14.2 Å². The summed E-state index contributed by atoms with van der Waals surface area (Å²) < 4.78 is 10.9. The predicted molar refractivity (Wildman–Crippen MR) is 77.8 cm³/mol. The van der Waals surface area contributed by atoms with Crippen molar-refractivity contribution in [3.8, 4) is 0 Å². The molecule has 0 saturated heterocycles. The molecule has 1 fully saturated rings. The quantitative estimate of drug-likeness (QED) is 0.729. The standard InChI is InChI=1S/C15H22N2O2/c1-9(2)12-13(18-5)17-15(14(16-12)19-6)7-10(3)11(4)8-15/h9,12H,3-4,7-8H2,1-2,5-6H3. The molecular formula is C15H22N2O2. The molecule has 1 aliphatic carbocycles. The summed E-state index contributed by atoms with van der Waals surface area (Å²) >= 11 is 0. The van der Waals surface area contributed by atoms with Crippen molar-refractivity contribution < 1.29 is 9.47 Å².